The Morgan fingerprint density at radius 2 is 1.85 bits per heavy atom. The highest BCUT2D eigenvalue weighted by atomic mass is 35.5. The second kappa shape index (κ2) is 9.91. The Labute approximate surface area is 171 Å². The second-order valence-corrected chi connectivity index (χ2v) is 6.35. The van der Waals surface area contributed by atoms with Crippen molar-refractivity contribution in [3.05, 3.63) is 69.7 Å². The Kier molecular flexibility index (Phi) is 7.60. The number of hydrogen-bond acceptors (Lipinski definition) is 4. The van der Waals surface area contributed by atoms with E-state index in [0.29, 0.717) is 10.8 Å². The zero-order valence-corrected chi connectivity index (χ0v) is 16.4. The first-order valence-electron chi connectivity index (χ1n) is 7.58. The number of nitrogens with one attached hydrogen (secondary N) is 3. The van der Waals surface area contributed by atoms with E-state index in [0.717, 1.165) is 5.56 Å². The van der Waals surface area contributed by atoms with Gasteiger partial charge in [0, 0.05) is 16.7 Å². The Balaban J connectivity index is 1.87. The van der Waals surface area contributed by atoms with Crippen molar-refractivity contribution in [1.29, 1.82) is 0 Å². The summed E-state index contributed by atoms with van der Waals surface area (Å²) in [5.41, 5.74) is 5.71. The number of benzene rings is 2. The summed E-state index contributed by atoms with van der Waals surface area (Å²) in [6, 6.07) is 11.7. The van der Waals surface area contributed by atoms with E-state index in [2.05, 4.69) is 16.2 Å². The molecule has 2 aromatic rings. The minimum absolute atomic E-state index is 0.0805. The van der Waals surface area contributed by atoms with Crippen LogP contribution < -0.4 is 20.9 Å². The van der Waals surface area contributed by atoms with Gasteiger partial charge in [-0.1, -0.05) is 41.4 Å². The van der Waals surface area contributed by atoms with Crippen molar-refractivity contribution in [2.75, 3.05) is 7.11 Å². The lowest BCUT2D eigenvalue weighted by Crippen LogP contribution is -2.48. The van der Waals surface area contributed by atoms with E-state index in [4.69, 9.17) is 40.2 Å². The fraction of sp³-hybridized carbons (Fsp3) is 0.0556. The minimum Gasteiger partial charge on any atom is -0.496 e. The number of rotatable bonds is 4. The summed E-state index contributed by atoms with van der Waals surface area (Å²) in [7, 11) is 1.54. The van der Waals surface area contributed by atoms with Crippen LogP contribution in [0.15, 0.2) is 48.5 Å². The van der Waals surface area contributed by atoms with Crippen LogP contribution in [0, 0.1) is 0 Å². The number of thiocarbonyl (C=S) groups is 1. The molecule has 0 saturated heterocycles. The lowest BCUT2D eigenvalue weighted by molar-refractivity contribution is -0.115. The summed E-state index contributed by atoms with van der Waals surface area (Å²) >= 11 is 16.7. The third kappa shape index (κ3) is 6.25. The molecule has 0 atom stereocenters. The van der Waals surface area contributed by atoms with Crippen molar-refractivity contribution in [1.82, 2.24) is 16.2 Å². The highest BCUT2D eigenvalue weighted by Crippen LogP contribution is 2.20. The molecule has 3 N–H and O–H groups in total. The third-order valence-corrected chi connectivity index (χ3v) is 4.01. The van der Waals surface area contributed by atoms with Crippen LogP contribution in [0.5, 0.6) is 5.75 Å². The molecule has 2 rings (SSSR count). The van der Waals surface area contributed by atoms with Crippen LogP contribution >= 0.6 is 35.4 Å². The summed E-state index contributed by atoms with van der Waals surface area (Å²) in [6.07, 6.45) is 2.88. The molecular weight excluding hydrogens is 409 g/mol. The van der Waals surface area contributed by atoms with Gasteiger partial charge in [0.2, 0.25) is 5.91 Å². The van der Waals surface area contributed by atoms with Crippen LogP contribution in [-0.2, 0) is 4.79 Å². The second-order valence-electron chi connectivity index (χ2n) is 5.10. The van der Waals surface area contributed by atoms with Gasteiger partial charge in [0.15, 0.2) is 5.11 Å². The van der Waals surface area contributed by atoms with E-state index in [1.807, 2.05) is 12.1 Å². The third-order valence-electron chi connectivity index (χ3n) is 3.26. The molecule has 27 heavy (non-hydrogen) atoms. The molecule has 0 aliphatic heterocycles. The Morgan fingerprint density at radius 1 is 1.11 bits per heavy atom. The van der Waals surface area contributed by atoms with Crippen LogP contribution in [0.25, 0.3) is 6.08 Å². The number of amides is 2. The summed E-state index contributed by atoms with van der Waals surface area (Å²) in [6.45, 7) is 0. The van der Waals surface area contributed by atoms with Crippen LogP contribution in [0.2, 0.25) is 10.0 Å². The van der Waals surface area contributed by atoms with Crippen molar-refractivity contribution in [2.24, 2.45) is 0 Å². The molecule has 9 heteroatoms. The van der Waals surface area contributed by atoms with Gasteiger partial charge < -0.3 is 4.74 Å². The zero-order chi connectivity index (χ0) is 19.8. The SMILES string of the molecule is COc1ccccc1C=CC(=O)NC(=S)NNC(=O)c1ccc(Cl)cc1Cl. The Bertz CT molecular complexity index is 903. The number of hydrogen-bond donors (Lipinski definition) is 3. The van der Waals surface area contributed by atoms with E-state index in [1.54, 1.807) is 25.3 Å². The molecule has 2 amide bonds. The summed E-state index contributed by atoms with van der Waals surface area (Å²) < 4.78 is 5.20. The molecule has 6 nitrogen and oxygen atoms in total. The molecule has 0 radical (unpaired) electrons. The molecule has 0 unspecified atom stereocenters. The molecule has 0 aromatic heterocycles. The minimum atomic E-state index is -0.530. The predicted octanol–water partition coefficient (Wildman–Crippen LogP) is 3.35. The van der Waals surface area contributed by atoms with Gasteiger partial charge in [-0.25, -0.2) is 0 Å². The quantitative estimate of drug-likeness (QED) is 0.399. The largest absolute Gasteiger partial charge is 0.496 e. The van der Waals surface area contributed by atoms with Crippen molar-refractivity contribution in [3.63, 3.8) is 0 Å². The molecule has 0 fully saturated rings. The topological polar surface area (TPSA) is 79.5 Å². The lowest BCUT2D eigenvalue weighted by Gasteiger charge is -2.10. The number of carbonyl (C=O) groups excluding carboxylic acids is 2. The number of hydrazine groups is 1. The zero-order valence-electron chi connectivity index (χ0n) is 14.1. The molecule has 2 aromatic carbocycles. The van der Waals surface area contributed by atoms with E-state index in [9.17, 15) is 9.59 Å². The highest BCUT2D eigenvalue weighted by Gasteiger charge is 2.11. The Morgan fingerprint density at radius 3 is 2.56 bits per heavy atom. The maximum atomic E-state index is 12.0. The summed E-state index contributed by atoms with van der Waals surface area (Å²) in [5.74, 6) is -0.371. The average molecular weight is 424 g/mol. The number of carbonyl (C=O) groups is 2. The van der Waals surface area contributed by atoms with Crippen LogP contribution in [-0.4, -0.2) is 24.0 Å². The highest BCUT2D eigenvalue weighted by molar-refractivity contribution is 7.80. The van der Waals surface area contributed by atoms with Gasteiger partial charge in [-0.2, -0.15) is 0 Å². The van der Waals surface area contributed by atoms with Crippen molar-refractivity contribution in [2.45, 2.75) is 0 Å². The molecule has 0 aliphatic carbocycles. The first-order chi connectivity index (χ1) is 12.9. The average Bonchev–Trinajstić information content (AvgIpc) is 2.64. The maximum Gasteiger partial charge on any atom is 0.271 e. The maximum absolute atomic E-state index is 12.0. The van der Waals surface area contributed by atoms with E-state index < -0.39 is 11.8 Å². The molecule has 0 spiro atoms. The first-order valence-corrected chi connectivity index (χ1v) is 8.74. The van der Waals surface area contributed by atoms with E-state index >= 15 is 0 Å². The van der Waals surface area contributed by atoms with Gasteiger partial charge in [0.1, 0.15) is 5.75 Å². The van der Waals surface area contributed by atoms with Crippen molar-refractivity contribution in [3.8, 4) is 5.75 Å². The fourth-order valence-electron chi connectivity index (χ4n) is 2.01. The van der Waals surface area contributed by atoms with E-state index in [1.165, 1.54) is 24.3 Å². The molecule has 140 valence electrons. The van der Waals surface area contributed by atoms with Crippen LogP contribution in [0.3, 0.4) is 0 Å². The first kappa shape index (κ1) is 20.7. The van der Waals surface area contributed by atoms with Gasteiger partial charge in [0.25, 0.3) is 5.91 Å². The van der Waals surface area contributed by atoms with Gasteiger partial charge in [-0.05, 0) is 42.6 Å². The monoisotopic (exact) mass is 423 g/mol. The van der Waals surface area contributed by atoms with Gasteiger partial charge >= 0.3 is 0 Å². The molecule has 0 bridgehead atoms. The molecular formula is C18H15Cl2N3O3S. The molecule has 0 saturated carbocycles. The van der Waals surface area contributed by atoms with Crippen LogP contribution in [0.1, 0.15) is 15.9 Å². The van der Waals surface area contributed by atoms with E-state index in [-0.39, 0.29) is 15.7 Å². The number of para-hydroxylation sites is 1. The fourth-order valence-corrected chi connectivity index (χ4v) is 2.65. The van der Waals surface area contributed by atoms with Crippen molar-refractivity contribution >= 4 is 58.4 Å². The summed E-state index contributed by atoms with van der Waals surface area (Å²) in [4.78, 5) is 24.0. The standard InChI is InChI=1S/C18H15Cl2N3O3S/c1-26-15-5-3-2-4-11(15)6-9-16(24)21-18(27)23-22-17(25)13-8-7-12(19)10-14(13)20/h2-10H,1H3,(H,22,25)(H2,21,23,24,27). The predicted molar refractivity (Wildman–Crippen MR) is 110 cm³/mol. The number of halogens is 2. The van der Waals surface area contributed by atoms with Gasteiger partial charge in [-0.15, -0.1) is 0 Å². The molecule has 0 heterocycles. The molecule has 0 aliphatic rings. The number of methoxy groups -OCH3 is 1. The Hall–Kier alpha value is -2.61. The van der Waals surface area contributed by atoms with Gasteiger partial charge in [0.05, 0.1) is 17.7 Å². The van der Waals surface area contributed by atoms with Crippen LogP contribution in [0.4, 0.5) is 0 Å². The normalized spacial score (nSPS) is 10.3. The lowest BCUT2D eigenvalue weighted by atomic mass is 10.2. The van der Waals surface area contributed by atoms with Crippen molar-refractivity contribution < 1.29 is 14.3 Å². The smallest absolute Gasteiger partial charge is 0.271 e. The number of ether oxygens (including phenoxy) is 1. The summed E-state index contributed by atoms with van der Waals surface area (Å²) in [5, 5.41) is 2.93. The van der Waals surface area contributed by atoms with Gasteiger partial charge in [-0.3, -0.25) is 25.8 Å².